The minimum Gasteiger partial charge on any atom is -0.395 e. The first-order valence-corrected chi connectivity index (χ1v) is 6.89. The highest BCUT2D eigenvalue weighted by Crippen LogP contribution is 2.26. The molecule has 0 aromatic carbocycles. The third kappa shape index (κ3) is 7.20. The van der Waals surface area contributed by atoms with Gasteiger partial charge in [-0.25, -0.2) is 0 Å². The van der Waals surface area contributed by atoms with Crippen LogP contribution in [0.4, 0.5) is 0 Å². The van der Waals surface area contributed by atoms with Gasteiger partial charge in [-0.1, -0.05) is 0 Å². The van der Waals surface area contributed by atoms with Gasteiger partial charge in [-0.05, 0) is 40.0 Å². The lowest BCUT2D eigenvalue weighted by atomic mass is 9.78. The molecule has 0 aromatic rings. The molecule has 0 rings (SSSR count). The van der Waals surface area contributed by atoms with E-state index in [0.29, 0.717) is 25.8 Å². The van der Waals surface area contributed by atoms with E-state index in [2.05, 4.69) is 5.32 Å². The van der Waals surface area contributed by atoms with Gasteiger partial charge in [-0.15, -0.1) is 0 Å². The van der Waals surface area contributed by atoms with Crippen molar-refractivity contribution in [2.45, 2.75) is 69.9 Å². The summed E-state index contributed by atoms with van der Waals surface area (Å²) in [5.41, 5.74) is 5.46. The minimum absolute atomic E-state index is 0.0528. The molecule has 6 heteroatoms. The molecule has 4 unspecified atom stereocenters. The van der Waals surface area contributed by atoms with Gasteiger partial charge in [-0.3, -0.25) is 0 Å². The summed E-state index contributed by atoms with van der Waals surface area (Å²) in [6.07, 6.45) is -0.682. The van der Waals surface area contributed by atoms with Crippen LogP contribution in [0.1, 0.15) is 40.0 Å². The number of rotatable bonds is 10. The predicted octanol–water partition coefficient (Wildman–Crippen LogP) is -1.05. The number of aliphatic hydroxyl groups is 4. The van der Waals surface area contributed by atoms with Crippen molar-refractivity contribution in [3.8, 4) is 0 Å². The molecule has 19 heavy (non-hydrogen) atoms. The second-order valence-corrected chi connectivity index (χ2v) is 5.60. The van der Waals surface area contributed by atoms with Crippen molar-refractivity contribution in [1.29, 1.82) is 0 Å². The van der Waals surface area contributed by atoms with Gasteiger partial charge in [0.1, 0.15) is 0 Å². The van der Waals surface area contributed by atoms with E-state index in [-0.39, 0.29) is 6.61 Å². The zero-order chi connectivity index (χ0) is 15.1. The summed E-state index contributed by atoms with van der Waals surface area (Å²) in [5, 5.41) is 41.0. The smallest absolute Gasteiger partial charge is 0.0556 e. The molecule has 0 radical (unpaired) electrons. The molecule has 0 saturated heterocycles. The van der Waals surface area contributed by atoms with Gasteiger partial charge in [-0.2, -0.15) is 0 Å². The van der Waals surface area contributed by atoms with E-state index in [1.807, 2.05) is 0 Å². The molecule has 0 aliphatic carbocycles. The molecule has 0 bridgehead atoms. The van der Waals surface area contributed by atoms with Gasteiger partial charge < -0.3 is 31.5 Å². The van der Waals surface area contributed by atoms with Gasteiger partial charge in [0.05, 0.1) is 24.9 Å². The Kier molecular flexibility index (Phi) is 8.73. The van der Waals surface area contributed by atoms with E-state index in [1.54, 1.807) is 20.8 Å². The number of nitrogens with two attached hydrogens (primary N) is 1. The molecule has 0 fully saturated rings. The number of hydrogen-bond donors (Lipinski definition) is 6. The summed E-state index contributed by atoms with van der Waals surface area (Å²) in [7, 11) is 0. The Labute approximate surface area is 115 Å². The van der Waals surface area contributed by atoms with Gasteiger partial charge in [0.25, 0.3) is 0 Å². The Morgan fingerprint density at radius 3 is 1.79 bits per heavy atom. The highest BCUT2D eigenvalue weighted by atomic mass is 16.3. The molecule has 0 aliphatic heterocycles. The fourth-order valence-electron chi connectivity index (χ4n) is 2.61. The monoisotopic (exact) mass is 278 g/mol. The third-order valence-electron chi connectivity index (χ3n) is 3.21. The van der Waals surface area contributed by atoms with Gasteiger partial charge in [0.15, 0.2) is 0 Å². The van der Waals surface area contributed by atoms with Crippen molar-refractivity contribution in [2.24, 2.45) is 5.73 Å². The second kappa shape index (κ2) is 8.84. The van der Waals surface area contributed by atoms with Crippen LogP contribution in [0.2, 0.25) is 0 Å². The van der Waals surface area contributed by atoms with Crippen LogP contribution in [0.3, 0.4) is 0 Å². The largest absolute Gasteiger partial charge is 0.395 e. The number of nitrogens with one attached hydrogen (secondary N) is 1. The summed E-state index contributed by atoms with van der Waals surface area (Å²) in [5.74, 6) is 0. The SMILES string of the molecule is CC(O)CC(N)C(CC(C)O)(CC(C)O)NCCO. The van der Waals surface area contributed by atoms with Crippen LogP contribution in [-0.4, -0.2) is 63.5 Å². The molecule has 4 atom stereocenters. The van der Waals surface area contributed by atoms with Crippen LogP contribution >= 0.6 is 0 Å². The highest BCUT2D eigenvalue weighted by molar-refractivity contribution is 5.00. The van der Waals surface area contributed by atoms with Crippen LogP contribution in [-0.2, 0) is 0 Å². The maximum Gasteiger partial charge on any atom is 0.0556 e. The second-order valence-electron chi connectivity index (χ2n) is 5.60. The summed E-state index contributed by atoms with van der Waals surface area (Å²) < 4.78 is 0. The maximum absolute atomic E-state index is 9.68. The first kappa shape index (κ1) is 18.8. The lowest BCUT2D eigenvalue weighted by Crippen LogP contribution is -2.62. The van der Waals surface area contributed by atoms with Crippen LogP contribution in [0.15, 0.2) is 0 Å². The van der Waals surface area contributed by atoms with E-state index in [4.69, 9.17) is 10.8 Å². The summed E-state index contributed by atoms with van der Waals surface area (Å²) in [6, 6.07) is -0.428. The molecule has 7 N–H and O–H groups in total. The molecular formula is C13H30N2O4. The van der Waals surface area contributed by atoms with E-state index in [1.165, 1.54) is 0 Å². The number of hydrogen-bond acceptors (Lipinski definition) is 6. The zero-order valence-electron chi connectivity index (χ0n) is 12.2. The quantitative estimate of drug-likeness (QED) is 0.303. The van der Waals surface area contributed by atoms with E-state index < -0.39 is 29.9 Å². The number of aliphatic hydroxyl groups excluding tert-OH is 4. The van der Waals surface area contributed by atoms with Crippen molar-refractivity contribution >= 4 is 0 Å². The van der Waals surface area contributed by atoms with Gasteiger partial charge in [0.2, 0.25) is 0 Å². The predicted molar refractivity (Wildman–Crippen MR) is 74.7 cm³/mol. The zero-order valence-corrected chi connectivity index (χ0v) is 12.2. The van der Waals surface area contributed by atoms with E-state index in [9.17, 15) is 15.3 Å². The maximum atomic E-state index is 9.68. The van der Waals surface area contributed by atoms with Crippen LogP contribution < -0.4 is 11.1 Å². The standard InChI is InChI=1S/C13H30N2O4/c1-9(17)6-12(14)13(7-10(2)18,8-11(3)19)15-4-5-16/h9-12,15-19H,4-8,14H2,1-3H3. The van der Waals surface area contributed by atoms with E-state index in [0.717, 1.165) is 0 Å². The number of β-amino-alcohol motifs (C(OH)–C–C–N with tert-alkyl or cyclic N) is 1. The first-order chi connectivity index (χ1) is 8.73. The molecule has 6 nitrogen and oxygen atoms in total. The molecule has 0 heterocycles. The Morgan fingerprint density at radius 2 is 1.47 bits per heavy atom. The molecule has 0 saturated carbocycles. The fourth-order valence-corrected chi connectivity index (χ4v) is 2.61. The van der Waals surface area contributed by atoms with Crippen molar-refractivity contribution in [3.63, 3.8) is 0 Å². The molecule has 0 aliphatic rings. The summed E-state index contributed by atoms with van der Waals surface area (Å²) in [6.45, 7) is 5.25. The van der Waals surface area contributed by atoms with Gasteiger partial charge >= 0.3 is 0 Å². The molecular weight excluding hydrogens is 248 g/mol. The molecule has 0 aromatic heterocycles. The Morgan fingerprint density at radius 1 is 1.00 bits per heavy atom. The van der Waals surface area contributed by atoms with Crippen molar-refractivity contribution in [3.05, 3.63) is 0 Å². The Bertz CT molecular complexity index is 225. The topological polar surface area (TPSA) is 119 Å². The van der Waals surface area contributed by atoms with Crippen LogP contribution in [0, 0.1) is 0 Å². The van der Waals surface area contributed by atoms with Crippen molar-refractivity contribution in [2.75, 3.05) is 13.2 Å². The van der Waals surface area contributed by atoms with Crippen LogP contribution in [0.5, 0.6) is 0 Å². The summed E-state index contributed by atoms with van der Waals surface area (Å²) in [4.78, 5) is 0. The highest BCUT2D eigenvalue weighted by Gasteiger charge is 2.38. The average molecular weight is 278 g/mol. The normalized spacial score (nSPS) is 21.5. The lowest BCUT2D eigenvalue weighted by molar-refractivity contribution is 0.0536. The average Bonchev–Trinajstić information content (AvgIpc) is 2.23. The van der Waals surface area contributed by atoms with Gasteiger partial charge in [0, 0.05) is 18.1 Å². The Balaban J connectivity index is 5.07. The lowest BCUT2D eigenvalue weighted by Gasteiger charge is -2.42. The molecule has 0 amide bonds. The minimum atomic E-state index is -0.706. The summed E-state index contributed by atoms with van der Waals surface area (Å²) >= 11 is 0. The van der Waals surface area contributed by atoms with Crippen molar-refractivity contribution in [1.82, 2.24) is 5.32 Å². The fraction of sp³-hybridized carbons (Fsp3) is 1.00. The van der Waals surface area contributed by atoms with E-state index >= 15 is 0 Å². The molecule has 0 spiro atoms. The Hall–Kier alpha value is -0.240. The van der Waals surface area contributed by atoms with Crippen LogP contribution in [0.25, 0.3) is 0 Å². The first-order valence-electron chi connectivity index (χ1n) is 6.89. The molecule has 116 valence electrons. The van der Waals surface area contributed by atoms with Crippen molar-refractivity contribution < 1.29 is 20.4 Å². The third-order valence-corrected chi connectivity index (χ3v) is 3.21.